The Kier molecular flexibility index (Phi) is 10.4. The van der Waals surface area contributed by atoms with E-state index in [0.29, 0.717) is 23.9 Å². The second-order valence-electron chi connectivity index (χ2n) is 5.19. The van der Waals surface area contributed by atoms with Crippen molar-refractivity contribution >= 4 is 48.0 Å². The lowest BCUT2D eigenvalue weighted by Gasteiger charge is -2.25. The van der Waals surface area contributed by atoms with Gasteiger partial charge in [0.25, 0.3) is 0 Å². The molecule has 1 amide bonds. The average molecular weight is 384 g/mol. The van der Waals surface area contributed by atoms with Gasteiger partial charge in [-0.15, -0.1) is 36.2 Å². The van der Waals surface area contributed by atoms with E-state index in [0.717, 1.165) is 25.7 Å². The van der Waals surface area contributed by atoms with E-state index in [9.17, 15) is 9.59 Å². The third kappa shape index (κ3) is 6.63. The third-order valence-corrected chi connectivity index (χ3v) is 4.38. The van der Waals surface area contributed by atoms with Crippen LogP contribution in [0.3, 0.4) is 0 Å². The highest BCUT2D eigenvalue weighted by atomic mass is 35.5. The molecule has 1 fully saturated rings. The van der Waals surface area contributed by atoms with Crippen LogP contribution in [0.15, 0.2) is 5.38 Å². The summed E-state index contributed by atoms with van der Waals surface area (Å²) in [5.41, 5.74) is 6.19. The number of carbonyl (C=O) groups excluding carboxylic acids is 2. The Morgan fingerprint density at radius 2 is 2.17 bits per heavy atom. The molecule has 1 aromatic heterocycles. The first-order chi connectivity index (χ1) is 10.1. The van der Waals surface area contributed by atoms with E-state index in [1.807, 2.05) is 0 Å². The maximum Gasteiger partial charge on any atom is 0.357 e. The zero-order valence-corrected chi connectivity index (χ0v) is 15.4. The van der Waals surface area contributed by atoms with E-state index >= 15 is 0 Å². The molecule has 23 heavy (non-hydrogen) atoms. The first-order valence-electron chi connectivity index (χ1n) is 7.25. The molecular weight excluding hydrogens is 361 g/mol. The fourth-order valence-electron chi connectivity index (χ4n) is 2.46. The van der Waals surface area contributed by atoms with Gasteiger partial charge >= 0.3 is 5.97 Å². The number of hydrogen-bond donors (Lipinski definition) is 2. The molecule has 9 heteroatoms. The molecule has 3 N–H and O–H groups in total. The molecule has 0 radical (unpaired) electrons. The fraction of sp³-hybridized carbons (Fsp3) is 0.643. The van der Waals surface area contributed by atoms with Crippen LogP contribution in [0.25, 0.3) is 0 Å². The molecule has 2 atom stereocenters. The second-order valence-corrected chi connectivity index (χ2v) is 6.13. The third-order valence-electron chi connectivity index (χ3n) is 3.54. The van der Waals surface area contributed by atoms with Crippen molar-refractivity contribution in [3.8, 4) is 0 Å². The first kappa shape index (κ1) is 22.1. The molecule has 0 saturated heterocycles. The number of rotatable bonds is 5. The Labute approximate surface area is 152 Å². The van der Waals surface area contributed by atoms with Gasteiger partial charge in [-0.3, -0.25) is 4.79 Å². The molecular formula is C14H23Cl2N3O3S. The molecule has 1 aromatic rings. The van der Waals surface area contributed by atoms with Gasteiger partial charge in [-0.2, -0.15) is 0 Å². The zero-order chi connectivity index (χ0) is 15.2. The number of ether oxygens (including phenoxy) is 1. The van der Waals surface area contributed by atoms with Crippen molar-refractivity contribution in [3.05, 3.63) is 16.1 Å². The normalized spacial score (nSPS) is 19.9. The van der Waals surface area contributed by atoms with Crippen LogP contribution >= 0.6 is 36.2 Å². The summed E-state index contributed by atoms with van der Waals surface area (Å²) in [4.78, 5) is 27.7. The van der Waals surface area contributed by atoms with Crippen molar-refractivity contribution in [1.29, 1.82) is 0 Å². The number of esters is 1. The largest absolute Gasteiger partial charge is 0.461 e. The Hall–Kier alpha value is -0.890. The Balaban J connectivity index is 0.00000242. The van der Waals surface area contributed by atoms with Crippen molar-refractivity contribution in [2.75, 3.05) is 6.61 Å². The minimum atomic E-state index is -0.426. The van der Waals surface area contributed by atoms with Crippen LogP contribution in [0.4, 0.5) is 0 Å². The monoisotopic (exact) mass is 383 g/mol. The predicted octanol–water partition coefficient (Wildman–Crippen LogP) is 2.30. The van der Waals surface area contributed by atoms with Crippen molar-refractivity contribution in [2.24, 2.45) is 11.7 Å². The maximum absolute atomic E-state index is 12.1. The lowest BCUT2D eigenvalue weighted by atomic mass is 9.85. The molecule has 0 aliphatic heterocycles. The summed E-state index contributed by atoms with van der Waals surface area (Å²) in [6.45, 7) is 2.42. The number of amides is 1. The number of aromatic nitrogens is 1. The van der Waals surface area contributed by atoms with Gasteiger partial charge in [-0.25, -0.2) is 9.78 Å². The smallest absolute Gasteiger partial charge is 0.357 e. The number of hydrogen-bond acceptors (Lipinski definition) is 6. The maximum atomic E-state index is 12.1. The Morgan fingerprint density at radius 3 is 2.83 bits per heavy atom. The highest BCUT2D eigenvalue weighted by Crippen LogP contribution is 2.23. The summed E-state index contributed by atoms with van der Waals surface area (Å²) in [6, 6.07) is 0.129. The van der Waals surface area contributed by atoms with Gasteiger partial charge in [0.2, 0.25) is 5.91 Å². The Bertz CT molecular complexity index is 513. The van der Waals surface area contributed by atoms with E-state index in [1.54, 1.807) is 12.3 Å². The number of carbonyl (C=O) groups is 2. The molecule has 2 unspecified atom stereocenters. The number of halogens is 2. The molecule has 1 saturated carbocycles. The summed E-state index contributed by atoms with van der Waals surface area (Å²) in [5.74, 6) is -0.402. The van der Waals surface area contributed by atoms with E-state index < -0.39 is 5.97 Å². The molecule has 0 spiro atoms. The van der Waals surface area contributed by atoms with Crippen molar-refractivity contribution in [1.82, 2.24) is 10.3 Å². The number of thiazole rings is 1. The van der Waals surface area contributed by atoms with Crippen molar-refractivity contribution in [3.63, 3.8) is 0 Å². The van der Waals surface area contributed by atoms with Gasteiger partial charge in [-0.05, 0) is 26.2 Å². The number of nitrogens with zero attached hydrogens (tertiary/aromatic N) is 1. The SMILES string of the molecule is CCOC(=O)c1csc(CNC(=O)C2CCCC(N)C2)n1.Cl.Cl. The van der Waals surface area contributed by atoms with Crippen LogP contribution in [-0.4, -0.2) is 29.5 Å². The van der Waals surface area contributed by atoms with Gasteiger partial charge in [0, 0.05) is 17.3 Å². The Morgan fingerprint density at radius 1 is 1.43 bits per heavy atom. The van der Waals surface area contributed by atoms with Gasteiger partial charge in [0.1, 0.15) is 5.01 Å². The highest BCUT2D eigenvalue weighted by Gasteiger charge is 2.25. The molecule has 1 heterocycles. The lowest BCUT2D eigenvalue weighted by Crippen LogP contribution is -2.37. The molecule has 6 nitrogen and oxygen atoms in total. The minimum Gasteiger partial charge on any atom is -0.461 e. The van der Waals surface area contributed by atoms with Crippen molar-refractivity contribution in [2.45, 2.75) is 45.2 Å². The van der Waals surface area contributed by atoms with E-state index in [2.05, 4.69) is 10.3 Å². The van der Waals surface area contributed by atoms with E-state index in [-0.39, 0.29) is 42.7 Å². The van der Waals surface area contributed by atoms with Crippen LogP contribution in [0, 0.1) is 5.92 Å². The molecule has 0 bridgehead atoms. The molecule has 1 aliphatic rings. The van der Waals surface area contributed by atoms with E-state index in [1.165, 1.54) is 11.3 Å². The minimum absolute atomic E-state index is 0. The summed E-state index contributed by atoms with van der Waals surface area (Å²) in [5, 5.41) is 5.22. The van der Waals surface area contributed by atoms with Crippen LogP contribution < -0.4 is 11.1 Å². The number of nitrogens with two attached hydrogens (primary N) is 1. The topological polar surface area (TPSA) is 94.3 Å². The van der Waals surface area contributed by atoms with Gasteiger partial charge in [0.15, 0.2) is 5.69 Å². The molecule has 0 aromatic carbocycles. The summed E-state index contributed by atoms with van der Waals surface area (Å²) in [6.07, 6.45) is 3.64. The zero-order valence-electron chi connectivity index (χ0n) is 12.9. The van der Waals surface area contributed by atoms with Gasteiger partial charge in [0.05, 0.1) is 13.2 Å². The van der Waals surface area contributed by atoms with E-state index in [4.69, 9.17) is 10.5 Å². The summed E-state index contributed by atoms with van der Waals surface area (Å²) in [7, 11) is 0. The predicted molar refractivity (Wildman–Crippen MR) is 94.3 cm³/mol. The van der Waals surface area contributed by atoms with Gasteiger partial charge in [-0.1, -0.05) is 6.42 Å². The van der Waals surface area contributed by atoms with Crippen LogP contribution in [0.2, 0.25) is 0 Å². The van der Waals surface area contributed by atoms with Crippen LogP contribution in [0.1, 0.15) is 48.1 Å². The quantitative estimate of drug-likeness (QED) is 0.760. The summed E-state index contributed by atoms with van der Waals surface area (Å²) < 4.78 is 4.88. The average Bonchev–Trinajstić information content (AvgIpc) is 2.94. The van der Waals surface area contributed by atoms with Crippen LogP contribution in [0.5, 0.6) is 0 Å². The molecule has 132 valence electrons. The molecule has 2 rings (SSSR count). The van der Waals surface area contributed by atoms with Crippen LogP contribution in [-0.2, 0) is 16.1 Å². The second kappa shape index (κ2) is 10.8. The standard InChI is InChI=1S/C14H21N3O3S.2ClH/c1-2-20-14(19)11-8-21-12(17-11)7-16-13(18)9-4-3-5-10(15)6-9;;/h8-10H,2-7,15H2,1H3,(H,16,18);2*1H. The fourth-order valence-corrected chi connectivity index (χ4v) is 3.17. The first-order valence-corrected chi connectivity index (χ1v) is 8.13. The molecule has 1 aliphatic carbocycles. The van der Waals surface area contributed by atoms with Gasteiger partial charge < -0.3 is 15.8 Å². The number of nitrogens with one attached hydrogen (secondary N) is 1. The van der Waals surface area contributed by atoms with Crippen molar-refractivity contribution < 1.29 is 14.3 Å². The summed E-state index contributed by atoms with van der Waals surface area (Å²) >= 11 is 1.34. The highest BCUT2D eigenvalue weighted by molar-refractivity contribution is 7.09. The lowest BCUT2D eigenvalue weighted by molar-refractivity contribution is -0.126.